The van der Waals surface area contributed by atoms with Crippen LogP contribution in [0.2, 0.25) is 0 Å². The summed E-state index contributed by atoms with van der Waals surface area (Å²) in [5.41, 5.74) is 0.661. The summed E-state index contributed by atoms with van der Waals surface area (Å²) in [5, 5.41) is 76.8. The van der Waals surface area contributed by atoms with Crippen molar-refractivity contribution in [2.45, 2.75) is 6.42 Å². The summed E-state index contributed by atoms with van der Waals surface area (Å²) < 4.78 is 0. The van der Waals surface area contributed by atoms with E-state index in [2.05, 4.69) is 6.07 Å². The van der Waals surface area contributed by atoms with Crippen molar-refractivity contribution in [3.05, 3.63) is 46.1 Å². The molecule has 0 amide bonds. The Bertz CT molecular complexity index is 1300. The summed E-state index contributed by atoms with van der Waals surface area (Å²) in [5.74, 6) is -4.92. The molecule has 0 bridgehead atoms. The molecule has 6 unspecified atom stereocenters. The Kier molecular flexibility index (Phi) is 5.88. The van der Waals surface area contributed by atoms with Gasteiger partial charge in [-0.1, -0.05) is 18.2 Å². The molecule has 0 N–H and O–H groups in total. The van der Waals surface area contributed by atoms with Gasteiger partial charge in [0.25, 0.3) is 0 Å². The molecular weight excluding hydrogens is 400 g/mol. The predicted octanol–water partition coefficient (Wildman–Crippen LogP) is 3.00. The van der Waals surface area contributed by atoms with Crippen LogP contribution in [0, 0.1) is 132 Å². The Morgan fingerprint density at radius 2 is 1.41 bits per heavy atom. The molecule has 0 aliphatic heterocycles. The summed E-state index contributed by atoms with van der Waals surface area (Å²) >= 11 is 0. The minimum absolute atomic E-state index is 0.0880. The first kappa shape index (κ1) is 21.6. The van der Waals surface area contributed by atoms with E-state index in [9.17, 15) is 42.1 Å². The van der Waals surface area contributed by atoms with Crippen LogP contribution in [0.4, 0.5) is 0 Å². The molecule has 148 valence electrons. The SMILES string of the molecule is N#CC1=CC2C(=C(C#N)C#N)C3CC(C#N)C(C#N)=CC3C(C(C#N)C#N)C2C=C1C#N. The number of hydrogen-bond acceptors (Lipinski definition) is 8. The molecule has 0 aromatic carbocycles. The molecule has 3 aliphatic carbocycles. The van der Waals surface area contributed by atoms with E-state index in [0.29, 0.717) is 5.57 Å². The van der Waals surface area contributed by atoms with Crippen LogP contribution in [-0.4, -0.2) is 0 Å². The molecule has 0 heterocycles. The van der Waals surface area contributed by atoms with E-state index in [4.69, 9.17) is 0 Å². The Hall–Kier alpha value is -5.12. The normalized spacial score (nSPS) is 29.7. The topological polar surface area (TPSA) is 190 Å². The molecule has 3 aliphatic rings. The van der Waals surface area contributed by atoms with Gasteiger partial charge in [0, 0.05) is 17.4 Å². The van der Waals surface area contributed by atoms with Gasteiger partial charge in [0.1, 0.15) is 35.8 Å². The highest BCUT2D eigenvalue weighted by molar-refractivity contribution is 5.57. The number of hydrogen-bond donors (Lipinski definition) is 0. The van der Waals surface area contributed by atoms with Gasteiger partial charge < -0.3 is 0 Å². The molecule has 0 aromatic rings. The van der Waals surface area contributed by atoms with Crippen LogP contribution < -0.4 is 0 Å². The van der Waals surface area contributed by atoms with Crippen molar-refractivity contribution in [2.24, 2.45) is 41.4 Å². The van der Waals surface area contributed by atoms with Crippen molar-refractivity contribution in [3.63, 3.8) is 0 Å². The fourth-order valence-electron chi connectivity index (χ4n) is 5.19. The lowest BCUT2D eigenvalue weighted by Crippen LogP contribution is -2.46. The monoisotopic (exact) mass is 412 g/mol. The maximum absolute atomic E-state index is 9.69. The highest BCUT2D eigenvalue weighted by Crippen LogP contribution is 2.57. The molecular formula is C24H12N8. The van der Waals surface area contributed by atoms with E-state index in [0.717, 1.165) is 0 Å². The van der Waals surface area contributed by atoms with Crippen LogP contribution in [0.5, 0.6) is 0 Å². The number of nitriles is 8. The predicted molar refractivity (Wildman–Crippen MR) is 105 cm³/mol. The average Bonchev–Trinajstić information content (AvgIpc) is 2.84. The van der Waals surface area contributed by atoms with E-state index in [1.54, 1.807) is 6.08 Å². The van der Waals surface area contributed by atoms with Gasteiger partial charge in [0.05, 0.1) is 41.3 Å². The molecule has 1 saturated carbocycles. The third-order valence-electron chi connectivity index (χ3n) is 6.46. The summed E-state index contributed by atoms with van der Waals surface area (Å²) in [6.07, 6.45) is 4.79. The number of allylic oxidation sites excluding steroid dienone is 8. The zero-order valence-corrected chi connectivity index (χ0v) is 16.6. The van der Waals surface area contributed by atoms with Gasteiger partial charge in [0.15, 0.2) is 0 Å². The average molecular weight is 412 g/mol. The van der Waals surface area contributed by atoms with Gasteiger partial charge in [0.2, 0.25) is 0 Å². The maximum atomic E-state index is 9.69. The fraction of sp³-hybridized carbons (Fsp3) is 0.333. The maximum Gasteiger partial charge on any atom is 0.137 e. The van der Waals surface area contributed by atoms with E-state index in [-0.39, 0.29) is 28.7 Å². The first-order valence-corrected chi connectivity index (χ1v) is 9.62. The molecule has 0 saturated heterocycles. The van der Waals surface area contributed by atoms with Gasteiger partial charge in [-0.15, -0.1) is 0 Å². The van der Waals surface area contributed by atoms with E-state index in [1.807, 2.05) is 42.5 Å². The lowest BCUT2D eigenvalue weighted by molar-refractivity contribution is 0.129. The first-order valence-electron chi connectivity index (χ1n) is 9.62. The van der Waals surface area contributed by atoms with Crippen LogP contribution >= 0.6 is 0 Å². The molecule has 0 aromatic heterocycles. The third kappa shape index (κ3) is 3.17. The van der Waals surface area contributed by atoms with Crippen LogP contribution in [0.3, 0.4) is 0 Å². The van der Waals surface area contributed by atoms with Gasteiger partial charge in [-0.2, -0.15) is 42.1 Å². The molecule has 3 rings (SSSR count). The van der Waals surface area contributed by atoms with Crippen molar-refractivity contribution < 1.29 is 0 Å². The Balaban J connectivity index is 2.40. The van der Waals surface area contributed by atoms with Crippen molar-refractivity contribution >= 4 is 0 Å². The van der Waals surface area contributed by atoms with Gasteiger partial charge >= 0.3 is 0 Å². The van der Waals surface area contributed by atoms with E-state index in [1.165, 1.54) is 12.2 Å². The fourth-order valence-corrected chi connectivity index (χ4v) is 5.19. The lowest BCUT2D eigenvalue weighted by Gasteiger charge is -2.50. The van der Waals surface area contributed by atoms with Crippen LogP contribution in [0.1, 0.15) is 6.42 Å². The van der Waals surface area contributed by atoms with Gasteiger partial charge in [-0.3, -0.25) is 0 Å². The lowest BCUT2D eigenvalue weighted by atomic mass is 9.51. The highest BCUT2D eigenvalue weighted by Gasteiger charge is 2.53. The second-order valence-electron chi connectivity index (χ2n) is 7.69. The molecule has 8 heteroatoms. The second kappa shape index (κ2) is 8.71. The van der Waals surface area contributed by atoms with Crippen LogP contribution in [0.15, 0.2) is 46.1 Å². The summed E-state index contributed by atoms with van der Waals surface area (Å²) in [4.78, 5) is 0. The molecule has 0 spiro atoms. The molecule has 0 radical (unpaired) electrons. The van der Waals surface area contributed by atoms with Crippen molar-refractivity contribution in [1.29, 1.82) is 42.1 Å². The van der Waals surface area contributed by atoms with Crippen LogP contribution in [0.25, 0.3) is 0 Å². The largest absolute Gasteiger partial charge is 0.198 e. The van der Waals surface area contributed by atoms with E-state index < -0.39 is 41.4 Å². The number of nitrogens with zero attached hydrogens (tertiary/aromatic N) is 8. The molecule has 32 heavy (non-hydrogen) atoms. The third-order valence-corrected chi connectivity index (χ3v) is 6.46. The Morgan fingerprint density at radius 3 is 1.91 bits per heavy atom. The second-order valence-corrected chi connectivity index (χ2v) is 7.69. The van der Waals surface area contributed by atoms with E-state index >= 15 is 0 Å². The quantitative estimate of drug-likeness (QED) is 0.586. The molecule has 1 fully saturated rings. The number of rotatable bonds is 1. The smallest absolute Gasteiger partial charge is 0.137 e. The Morgan fingerprint density at radius 1 is 0.781 bits per heavy atom. The summed E-state index contributed by atoms with van der Waals surface area (Å²) in [6.45, 7) is 0. The van der Waals surface area contributed by atoms with Gasteiger partial charge in [-0.25, -0.2) is 0 Å². The Labute approximate surface area is 184 Å². The molecule has 8 nitrogen and oxygen atoms in total. The zero-order valence-electron chi connectivity index (χ0n) is 16.6. The summed E-state index contributed by atoms with van der Waals surface area (Å²) in [7, 11) is 0. The van der Waals surface area contributed by atoms with Gasteiger partial charge in [-0.05, 0) is 29.7 Å². The standard InChI is InChI=1S/C24H12N8/c25-5-13-1-19-20(2-14(13)6-26)24(18(11-31)12-32)22-4-16(8-28)15(7-27)3-21(22)23(19)17(9-29)10-30/h1-3,16-17,19-23H,4H2. The van der Waals surface area contributed by atoms with Crippen molar-refractivity contribution in [2.75, 3.05) is 0 Å². The minimum Gasteiger partial charge on any atom is -0.198 e. The summed E-state index contributed by atoms with van der Waals surface area (Å²) in [6, 6.07) is 15.8. The van der Waals surface area contributed by atoms with Crippen molar-refractivity contribution in [3.8, 4) is 48.6 Å². The number of fused-ring (bicyclic) bond motifs is 2. The first-order chi connectivity index (χ1) is 15.5. The van der Waals surface area contributed by atoms with Crippen molar-refractivity contribution in [1.82, 2.24) is 0 Å². The zero-order chi connectivity index (χ0) is 23.4. The van der Waals surface area contributed by atoms with Crippen LogP contribution in [-0.2, 0) is 0 Å². The molecule has 6 atom stereocenters. The minimum atomic E-state index is -1.10. The highest BCUT2D eigenvalue weighted by atomic mass is 14.6.